The first-order valence-corrected chi connectivity index (χ1v) is 9.42. The van der Waals surface area contributed by atoms with Crippen molar-refractivity contribution in [1.29, 1.82) is 0 Å². The number of amides is 1. The summed E-state index contributed by atoms with van der Waals surface area (Å²) in [6.45, 7) is 6.33. The number of hydrogen-bond donors (Lipinski definition) is 0. The molecule has 1 atom stereocenters. The van der Waals surface area contributed by atoms with Gasteiger partial charge in [-0.05, 0) is 44.0 Å². The van der Waals surface area contributed by atoms with Gasteiger partial charge in [0.05, 0.1) is 37.1 Å². The second-order valence-electron chi connectivity index (χ2n) is 7.64. The summed E-state index contributed by atoms with van der Waals surface area (Å²) in [5.74, 6) is 0.0208. The summed E-state index contributed by atoms with van der Waals surface area (Å²) in [5.41, 5.74) is 3.31. The van der Waals surface area contributed by atoms with Gasteiger partial charge < -0.3 is 14.4 Å². The van der Waals surface area contributed by atoms with Gasteiger partial charge in [-0.25, -0.2) is 0 Å². The number of rotatable bonds is 4. The highest BCUT2D eigenvalue weighted by Gasteiger charge is 2.49. The van der Waals surface area contributed by atoms with Gasteiger partial charge in [0.2, 0.25) is 0 Å². The maximum Gasteiger partial charge on any atom is 0.255 e. The Labute approximate surface area is 159 Å². The average molecular weight is 367 g/mol. The zero-order valence-electron chi connectivity index (χ0n) is 15.9. The molecule has 0 N–H and O–H groups in total. The summed E-state index contributed by atoms with van der Waals surface area (Å²) < 4.78 is 12.1. The highest BCUT2D eigenvalue weighted by molar-refractivity contribution is 5.94. The maximum atomic E-state index is 12.6. The molecule has 1 amide bonds. The fraction of sp³-hybridized carbons (Fsp3) is 0.476. The minimum Gasteiger partial charge on any atom is -0.372 e. The molecule has 1 spiro atoms. The summed E-state index contributed by atoms with van der Waals surface area (Å²) in [6, 6.07) is 7.85. The van der Waals surface area contributed by atoms with E-state index in [-0.39, 0.29) is 17.6 Å². The summed E-state index contributed by atoms with van der Waals surface area (Å²) in [5, 5.41) is 0. The maximum absolute atomic E-state index is 12.6. The summed E-state index contributed by atoms with van der Waals surface area (Å²) in [4.78, 5) is 23.1. The largest absolute Gasteiger partial charge is 0.372 e. The molecule has 2 aromatic rings. The van der Waals surface area contributed by atoms with E-state index < -0.39 is 0 Å². The van der Waals surface area contributed by atoms with Crippen LogP contribution in [-0.4, -0.2) is 52.2 Å². The molecule has 4 rings (SSSR count). The van der Waals surface area contributed by atoms with Crippen LogP contribution in [0.3, 0.4) is 0 Å². The quantitative estimate of drug-likeness (QED) is 0.831. The van der Waals surface area contributed by atoms with Crippen LogP contribution in [0.5, 0.6) is 0 Å². The Morgan fingerprint density at radius 3 is 2.96 bits per heavy atom. The molecule has 2 aliphatic heterocycles. The van der Waals surface area contributed by atoms with Crippen LogP contribution in [0.4, 0.5) is 0 Å². The fourth-order valence-electron chi connectivity index (χ4n) is 3.88. The van der Waals surface area contributed by atoms with E-state index in [1.165, 1.54) is 0 Å². The number of likely N-dealkylation sites (tertiary alicyclic amines) is 1. The van der Waals surface area contributed by atoms with Crippen molar-refractivity contribution in [2.24, 2.45) is 0 Å². The lowest BCUT2D eigenvalue weighted by atomic mass is 9.84. The van der Waals surface area contributed by atoms with Crippen molar-refractivity contribution in [1.82, 2.24) is 14.9 Å². The second kappa shape index (κ2) is 7.37. The number of carbonyl (C=O) groups excluding carboxylic acids is 1. The first-order chi connectivity index (χ1) is 13.0. The number of nitrogens with zero attached hydrogens (tertiary/aromatic N) is 3. The van der Waals surface area contributed by atoms with Crippen LogP contribution in [0, 0.1) is 13.8 Å². The SMILES string of the molecule is Cc1cncc(C(=O)N2CC3(C[C@@H](OCc4cccc(C)n4)CCO3)C2)c1. The molecule has 0 aromatic carbocycles. The first-order valence-electron chi connectivity index (χ1n) is 9.42. The van der Waals surface area contributed by atoms with Crippen LogP contribution >= 0.6 is 0 Å². The normalized spacial score (nSPS) is 21.1. The monoisotopic (exact) mass is 367 g/mol. The number of pyridine rings is 2. The van der Waals surface area contributed by atoms with Gasteiger partial charge in [0.25, 0.3) is 5.91 Å². The van der Waals surface area contributed by atoms with Crippen molar-refractivity contribution in [3.63, 3.8) is 0 Å². The van der Waals surface area contributed by atoms with Crippen molar-refractivity contribution in [3.05, 3.63) is 59.2 Å². The summed E-state index contributed by atoms with van der Waals surface area (Å²) in [7, 11) is 0. The molecule has 4 heterocycles. The van der Waals surface area contributed by atoms with Crippen LogP contribution in [0.25, 0.3) is 0 Å². The van der Waals surface area contributed by atoms with E-state index in [1.807, 2.05) is 43.0 Å². The van der Waals surface area contributed by atoms with Crippen molar-refractivity contribution >= 4 is 5.91 Å². The Morgan fingerprint density at radius 1 is 1.33 bits per heavy atom. The molecule has 27 heavy (non-hydrogen) atoms. The molecule has 2 aromatic heterocycles. The Bertz CT molecular complexity index is 833. The first kappa shape index (κ1) is 18.1. The molecule has 0 unspecified atom stereocenters. The van der Waals surface area contributed by atoms with Gasteiger partial charge in [-0.3, -0.25) is 14.8 Å². The third-order valence-corrected chi connectivity index (χ3v) is 5.23. The van der Waals surface area contributed by atoms with Gasteiger partial charge in [0.1, 0.15) is 5.60 Å². The smallest absolute Gasteiger partial charge is 0.255 e. The average Bonchev–Trinajstić information content (AvgIpc) is 2.64. The van der Waals surface area contributed by atoms with E-state index >= 15 is 0 Å². The van der Waals surface area contributed by atoms with Gasteiger partial charge in [-0.1, -0.05) is 6.07 Å². The highest BCUT2D eigenvalue weighted by atomic mass is 16.5. The minimum atomic E-state index is -0.268. The van der Waals surface area contributed by atoms with Crippen molar-refractivity contribution < 1.29 is 14.3 Å². The highest BCUT2D eigenvalue weighted by Crippen LogP contribution is 2.36. The van der Waals surface area contributed by atoms with Gasteiger partial charge in [0, 0.05) is 31.1 Å². The lowest BCUT2D eigenvalue weighted by Gasteiger charge is -2.53. The van der Waals surface area contributed by atoms with Crippen LogP contribution < -0.4 is 0 Å². The number of hydrogen-bond acceptors (Lipinski definition) is 5. The standard InChI is InChI=1S/C21H25N3O3/c1-15-8-17(11-22-10-15)20(25)24-13-21(14-24)9-19(6-7-27-21)26-12-18-5-3-4-16(2)23-18/h3-5,8,10-11,19H,6-7,9,12-14H2,1-2H3/t19-/m0/s1. The fourth-order valence-corrected chi connectivity index (χ4v) is 3.88. The molecule has 6 nitrogen and oxygen atoms in total. The molecular weight excluding hydrogens is 342 g/mol. The van der Waals surface area contributed by atoms with Crippen molar-refractivity contribution in [2.75, 3.05) is 19.7 Å². The van der Waals surface area contributed by atoms with Crippen molar-refractivity contribution in [3.8, 4) is 0 Å². The molecule has 0 saturated carbocycles. The summed E-state index contributed by atoms with van der Waals surface area (Å²) in [6.07, 6.45) is 5.21. The number of ether oxygens (including phenoxy) is 2. The van der Waals surface area contributed by atoms with Gasteiger partial charge in [0.15, 0.2) is 0 Å². The molecule has 2 fully saturated rings. The van der Waals surface area contributed by atoms with E-state index in [0.29, 0.717) is 31.9 Å². The number of carbonyl (C=O) groups is 1. The number of aromatic nitrogens is 2. The zero-order chi connectivity index (χ0) is 18.9. The molecular formula is C21H25N3O3. The second-order valence-corrected chi connectivity index (χ2v) is 7.64. The van der Waals surface area contributed by atoms with Crippen LogP contribution in [0.15, 0.2) is 36.7 Å². The van der Waals surface area contributed by atoms with E-state index in [1.54, 1.807) is 12.4 Å². The predicted octanol–water partition coefficient (Wildman–Crippen LogP) is 2.68. The third-order valence-electron chi connectivity index (χ3n) is 5.23. The Balaban J connectivity index is 1.32. The zero-order valence-corrected chi connectivity index (χ0v) is 15.9. The molecule has 2 aliphatic rings. The van der Waals surface area contributed by atoms with E-state index in [9.17, 15) is 4.79 Å². The topological polar surface area (TPSA) is 64.6 Å². The molecule has 142 valence electrons. The van der Waals surface area contributed by atoms with Gasteiger partial charge in [-0.15, -0.1) is 0 Å². The van der Waals surface area contributed by atoms with Crippen LogP contribution in [0.2, 0.25) is 0 Å². The molecule has 0 bridgehead atoms. The Morgan fingerprint density at radius 2 is 2.19 bits per heavy atom. The van der Waals surface area contributed by atoms with Crippen molar-refractivity contribution in [2.45, 2.75) is 45.0 Å². The van der Waals surface area contributed by atoms with Crippen LogP contribution in [0.1, 0.15) is 40.2 Å². The lowest BCUT2D eigenvalue weighted by molar-refractivity contribution is -0.188. The third kappa shape index (κ3) is 4.01. The van der Waals surface area contributed by atoms with Crippen LogP contribution in [-0.2, 0) is 16.1 Å². The minimum absolute atomic E-state index is 0.0208. The number of aryl methyl sites for hydroxylation is 2. The molecule has 6 heteroatoms. The van der Waals surface area contributed by atoms with E-state index in [0.717, 1.165) is 29.8 Å². The molecule has 0 radical (unpaired) electrons. The predicted molar refractivity (Wildman–Crippen MR) is 100 cm³/mol. The summed E-state index contributed by atoms with van der Waals surface area (Å²) >= 11 is 0. The Hall–Kier alpha value is -2.31. The Kier molecular flexibility index (Phi) is 4.93. The van der Waals surface area contributed by atoms with E-state index in [4.69, 9.17) is 9.47 Å². The van der Waals surface area contributed by atoms with E-state index in [2.05, 4.69) is 9.97 Å². The van der Waals surface area contributed by atoms with Gasteiger partial charge >= 0.3 is 0 Å². The molecule has 2 saturated heterocycles. The lowest BCUT2D eigenvalue weighted by Crippen LogP contribution is -2.67. The molecule has 0 aliphatic carbocycles. The van der Waals surface area contributed by atoms with Gasteiger partial charge in [-0.2, -0.15) is 0 Å².